The largest absolute Gasteiger partial charge is 0.457 e. The van der Waals surface area contributed by atoms with E-state index in [9.17, 15) is 0 Å². The highest BCUT2D eigenvalue weighted by molar-refractivity contribution is 6.10. The maximum Gasteiger partial charge on any atom is 0.160 e. The number of ether oxygens (including phenoxy) is 1. The number of nitrogens with zero attached hydrogens (tertiary/aromatic N) is 4. The van der Waals surface area contributed by atoms with Crippen LogP contribution in [-0.4, -0.2) is 21.6 Å². The lowest BCUT2D eigenvalue weighted by atomic mass is 9.88. The molecule has 0 spiro atoms. The summed E-state index contributed by atoms with van der Waals surface area (Å²) in [6, 6.07) is 31.2. The molecule has 43 heavy (non-hydrogen) atoms. The van der Waals surface area contributed by atoms with Gasteiger partial charge in [-0.2, -0.15) is 0 Å². The van der Waals surface area contributed by atoms with E-state index in [4.69, 9.17) is 14.1 Å². The monoisotopic (exact) mass is 565 g/mol. The predicted molar refractivity (Wildman–Crippen MR) is 174 cm³/mol. The van der Waals surface area contributed by atoms with Gasteiger partial charge >= 0.3 is 0 Å². The number of pyridine rings is 1. The van der Waals surface area contributed by atoms with Crippen molar-refractivity contribution in [2.24, 2.45) is 0 Å². The van der Waals surface area contributed by atoms with E-state index in [1.807, 2.05) is 66.0 Å². The summed E-state index contributed by atoms with van der Waals surface area (Å²) in [7, 11) is 1.95. The van der Waals surface area contributed by atoms with Gasteiger partial charge in [-0.05, 0) is 53.4 Å². The summed E-state index contributed by atoms with van der Waals surface area (Å²) < 4.78 is 15.2. The van der Waals surface area contributed by atoms with Crippen LogP contribution in [0.3, 0.4) is 0 Å². The topological polar surface area (TPSA) is 58.7 Å². The first-order valence-corrected chi connectivity index (χ1v) is 14.4. The second kappa shape index (κ2) is 9.37. The molecule has 0 radical (unpaired) electrons. The molecule has 1 N–H and O–H groups in total. The van der Waals surface area contributed by atoms with Crippen molar-refractivity contribution in [2.75, 3.05) is 12.1 Å². The Bertz CT molecular complexity index is 2220. The molecule has 0 bridgehead atoms. The molecule has 0 atom stereocenters. The lowest BCUT2D eigenvalue weighted by Gasteiger charge is -2.20. The zero-order valence-corrected chi connectivity index (χ0v) is 24.5. The first-order valence-electron chi connectivity index (χ1n) is 14.4. The second-order valence-electron chi connectivity index (χ2n) is 12.1. The molecule has 1 aliphatic rings. The van der Waals surface area contributed by atoms with Crippen LogP contribution in [0.25, 0.3) is 49.6 Å². The third kappa shape index (κ3) is 4.20. The van der Waals surface area contributed by atoms with Crippen LogP contribution < -0.4 is 15.3 Å². The fraction of sp³-hybridized carbons (Fsp3) is 0.139. The predicted octanol–water partition coefficient (Wildman–Crippen LogP) is 8.81. The van der Waals surface area contributed by atoms with Crippen molar-refractivity contribution in [3.8, 4) is 17.3 Å². The van der Waals surface area contributed by atoms with Crippen molar-refractivity contribution in [1.82, 2.24) is 20.1 Å². The van der Waals surface area contributed by atoms with Gasteiger partial charge in [0.15, 0.2) is 5.58 Å². The van der Waals surface area contributed by atoms with E-state index in [0.717, 1.165) is 55.6 Å². The molecule has 7 heteroatoms. The van der Waals surface area contributed by atoms with Crippen molar-refractivity contribution in [2.45, 2.75) is 26.2 Å². The van der Waals surface area contributed by atoms with Gasteiger partial charge in [0.2, 0.25) is 0 Å². The summed E-state index contributed by atoms with van der Waals surface area (Å²) in [4.78, 5) is 4.82. The van der Waals surface area contributed by atoms with Gasteiger partial charge in [-0.15, -0.1) is 5.53 Å². The van der Waals surface area contributed by atoms with Gasteiger partial charge in [-0.3, -0.25) is 14.6 Å². The number of rotatable bonds is 4. The van der Waals surface area contributed by atoms with Crippen LogP contribution in [0, 0.1) is 0 Å². The van der Waals surface area contributed by atoms with E-state index in [2.05, 4.69) is 91.5 Å². The number of fused-ring (bicyclic) bond motifs is 6. The van der Waals surface area contributed by atoms with Gasteiger partial charge in [0.05, 0.1) is 11.0 Å². The number of furan rings is 1. The molecule has 0 unspecified atom stereocenters. The quantitative estimate of drug-likeness (QED) is 0.230. The lowest BCUT2D eigenvalue weighted by molar-refractivity contribution is 0.358. The van der Waals surface area contributed by atoms with Crippen LogP contribution >= 0.6 is 0 Å². The molecular weight excluding hydrogens is 534 g/mol. The Kier molecular flexibility index (Phi) is 5.55. The Hall–Kier alpha value is -5.27. The summed E-state index contributed by atoms with van der Waals surface area (Å²) in [5.74, 6) is 2.35. The highest BCUT2D eigenvalue weighted by Crippen LogP contribution is 2.41. The van der Waals surface area contributed by atoms with E-state index >= 15 is 0 Å². The molecule has 212 valence electrons. The molecule has 7 nitrogen and oxygen atoms in total. The number of benzene rings is 4. The van der Waals surface area contributed by atoms with Crippen molar-refractivity contribution < 1.29 is 9.15 Å². The molecule has 8 rings (SSSR count). The van der Waals surface area contributed by atoms with Gasteiger partial charge in [0.1, 0.15) is 28.6 Å². The molecule has 0 saturated carbocycles. The van der Waals surface area contributed by atoms with Gasteiger partial charge in [-0.1, -0.05) is 57.2 Å². The number of nitrogens with one attached hydrogen (secondary N) is 1. The van der Waals surface area contributed by atoms with Crippen LogP contribution in [0.4, 0.5) is 5.69 Å². The average Bonchev–Trinajstić information content (AvgIpc) is 3.70. The lowest BCUT2D eigenvalue weighted by Crippen LogP contribution is -2.36. The van der Waals surface area contributed by atoms with Crippen molar-refractivity contribution in [3.05, 3.63) is 115 Å². The molecule has 0 aliphatic carbocycles. The number of aromatic nitrogens is 2. The number of hydrazine groups is 2. The molecule has 4 aromatic carbocycles. The summed E-state index contributed by atoms with van der Waals surface area (Å²) in [6.45, 7) is 6.68. The van der Waals surface area contributed by atoms with Gasteiger partial charge in [0.25, 0.3) is 0 Å². The van der Waals surface area contributed by atoms with Crippen molar-refractivity contribution in [1.29, 1.82) is 0 Å². The number of para-hydroxylation sites is 2. The maximum atomic E-state index is 6.64. The Balaban J connectivity index is 1.29. The number of hydrogen-bond acceptors (Lipinski definition) is 6. The fourth-order valence-electron chi connectivity index (χ4n) is 5.96. The van der Waals surface area contributed by atoms with Crippen LogP contribution in [0.15, 0.2) is 114 Å². The Labute approximate surface area is 249 Å². The zero-order valence-electron chi connectivity index (χ0n) is 24.5. The molecule has 0 fully saturated rings. The van der Waals surface area contributed by atoms with E-state index in [1.165, 1.54) is 10.9 Å². The van der Waals surface area contributed by atoms with E-state index in [-0.39, 0.29) is 5.41 Å². The Morgan fingerprint density at radius 3 is 2.35 bits per heavy atom. The minimum atomic E-state index is 0.00647. The van der Waals surface area contributed by atoms with Crippen molar-refractivity contribution >= 4 is 49.4 Å². The first kappa shape index (κ1) is 25.4. The van der Waals surface area contributed by atoms with Crippen molar-refractivity contribution in [3.63, 3.8) is 0 Å². The third-order valence-corrected chi connectivity index (χ3v) is 8.12. The second-order valence-corrected chi connectivity index (χ2v) is 12.1. The van der Waals surface area contributed by atoms with Crippen LogP contribution in [0.1, 0.15) is 26.3 Å². The van der Waals surface area contributed by atoms with Gasteiger partial charge in [-0.25, -0.2) is 4.98 Å². The molecule has 1 aliphatic heterocycles. The number of anilines is 1. The minimum absolute atomic E-state index is 0.00647. The van der Waals surface area contributed by atoms with Gasteiger partial charge in [0, 0.05) is 59.3 Å². The Morgan fingerprint density at radius 1 is 0.744 bits per heavy atom. The first-order chi connectivity index (χ1) is 20.8. The summed E-state index contributed by atoms with van der Waals surface area (Å²) in [6.07, 6.45) is 5.83. The normalized spacial score (nSPS) is 13.8. The molecule has 0 saturated heterocycles. The SMILES string of the molecule is CN1C=CN(c2cc(Oc3ccc4c5ccccc5n(-c5cc(C(C)(C)C)ccn5)c4c3)cc3c2oc2ccccc23)N1. The number of hydrogen-bond donors (Lipinski definition) is 1. The average molecular weight is 566 g/mol. The molecule has 7 aromatic rings. The molecular formula is C36H31N5O2. The smallest absolute Gasteiger partial charge is 0.160 e. The fourth-order valence-corrected chi connectivity index (χ4v) is 5.96. The molecule has 4 heterocycles. The van der Waals surface area contributed by atoms with E-state index in [1.54, 1.807) is 0 Å². The van der Waals surface area contributed by atoms with Crippen LogP contribution in [0.2, 0.25) is 0 Å². The summed E-state index contributed by atoms with van der Waals surface area (Å²) in [5.41, 5.74) is 9.19. The van der Waals surface area contributed by atoms with Crippen LogP contribution in [-0.2, 0) is 5.41 Å². The van der Waals surface area contributed by atoms with E-state index in [0.29, 0.717) is 5.75 Å². The zero-order chi connectivity index (χ0) is 29.3. The highest BCUT2D eigenvalue weighted by atomic mass is 16.5. The molecule has 3 aromatic heterocycles. The highest BCUT2D eigenvalue weighted by Gasteiger charge is 2.21. The maximum absolute atomic E-state index is 6.64. The third-order valence-electron chi connectivity index (χ3n) is 8.12. The summed E-state index contributed by atoms with van der Waals surface area (Å²) >= 11 is 0. The Morgan fingerprint density at radius 2 is 1.53 bits per heavy atom. The molecule has 0 amide bonds. The summed E-state index contributed by atoms with van der Waals surface area (Å²) in [5, 5.41) is 8.19. The standard InChI is InChI=1S/C36H31N5O2/c1-36(2,3)23-15-16-37-34(19-23)41-30-11-7-5-9-26(30)27-14-13-24(21-31(27)41)42-25-20-29-28-10-6-8-12-33(28)43-35(29)32(22-25)40-18-17-39(4)38-40/h5-22,38H,1-4H3. The minimum Gasteiger partial charge on any atom is -0.457 e. The van der Waals surface area contributed by atoms with Gasteiger partial charge < -0.3 is 9.15 Å². The van der Waals surface area contributed by atoms with Crippen LogP contribution in [0.5, 0.6) is 11.5 Å². The van der Waals surface area contributed by atoms with E-state index < -0.39 is 0 Å².